The van der Waals surface area contributed by atoms with E-state index in [2.05, 4.69) is 35.6 Å². The van der Waals surface area contributed by atoms with E-state index in [-0.39, 0.29) is 17.2 Å². The van der Waals surface area contributed by atoms with Crippen LogP contribution in [0.4, 0.5) is 37.7 Å². The maximum absolute atomic E-state index is 13.3. The van der Waals surface area contributed by atoms with E-state index < -0.39 is 23.5 Å². The Morgan fingerprint density at radius 1 is 0.486 bits per heavy atom. The summed E-state index contributed by atoms with van der Waals surface area (Å²) in [6.07, 6.45) is -9.79. The van der Waals surface area contributed by atoms with Crippen LogP contribution in [0.3, 0.4) is 0 Å². The van der Waals surface area contributed by atoms with Crippen molar-refractivity contribution in [3.05, 3.63) is 108 Å². The van der Waals surface area contributed by atoms with E-state index in [1.54, 1.807) is 12.1 Å². The smallest absolute Gasteiger partial charge is 0.355 e. The standard InChI is InChI=1S/C30H17F6N/c31-29(32,33)22-14-21(15-23(16-22)30(34,35)36)17-6-10-24(11-7-17)37-26-13-9-20-5-4-18-2-1-3-19-8-12-25(26)28(20)27(18)19/h1-16,37H. The molecule has 6 aromatic carbocycles. The van der Waals surface area contributed by atoms with Gasteiger partial charge in [-0.2, -0.15) is 26.3 Å². The number of benzene rings is 6. The van der Waals surface area contributed by atoms with E-state index in [0.717, 1.165) is 44.8 Å². The predicted molar refractivity (Wildman–Crippen MR) is 135 cm³/mol. The lowest BCUT2D eigenvalue weighted by atomic mass is 9.93. The topological polar surface area (TPSA) is 12.0 Å². The van der Waals surface area contributed by atoms with Crippen LogP contribution in [0.25, 0.3) is 43.4 Å². The summed E-state index contributed by atoms with van der Waals surface area (Å²) in [4.78, 5) is 0. The van der Waals surface area contributed by atoms with Crippen molar-refractivity contribution in [2.24, 2.45) is 0 Å². The SMILES string of the molecule is FC(F)(F)c1cc(-c2ccc(Nc3ccc4ccc5cccc6ccc3c4c56)cc2)cc(C(F)(F)F)c1. The van der Waals surface area contributed by atoms with Crippen LogP contribution in [-0.2, 0) is 12.4 Å². The second kappa shape index (κ2) is 8.13. The molecule has 0 bridgehead atoms. The maximum Gasteiger partial charge on any atom is 0.416 e. The summed E-state index contributed by atoms with van der Waals surface area (Å²) in [7, 11) is 0. The Bertz CT molecular complexity index is 1720. The molecular formula is C30H17F6N. The van der Waals surface area contributed by atoms with Gasteiger partial charge in [-0.25, -0.2) is 0 Å². The Hall–Kier alpha value is -4.26. The fourth-order valence-corrected chi connectivity index (χ4v) is 4.87. The quantitative estimate of drug-likeness (QED) is 0.186. The number of anilines is 2. The average molecular weight is 505 g/mol. The Kier molecular flexibility index (Phi) is 5.09. The Morgan fingerprint density at radius 3 is 1.62 bits per heavy atom. The van der Waals surface area contributed by atoms with E-state index in [1.165, 1.54) is 17.5 Å². The summed E-state index contributed by atoms with van der Waals surface area (Å²) in [5.74, 6) is 0. The summed E-state index contributed by atoms with van der Waals surface area (Å²) in [6, 6.07) is 26.3. The first-order valence-electron chi connectivity index (χ1n) is 11.4. The predicted octanol–water partition coefficient (Wildman–Crippen LogP) is 10.0. The molecule has 0 aliphatic heterocycles. The van der Waals surface area contributed by atoms with Crippen LogP contribution in [0.2, 0.25) is 0 Å². The Balaban J connectivity index is 1.38. The molecule has 184 valence electrons. The van der Waals surface area contributed by atoms with E-state index in [0.29, 0.717) is 5.69 Å². The first-order valence-corrected chi connectivity index (χ1v) is 11.4. The van der Waals surface area contributed by atoms with Gasteiger partial charge in [0.2, 0.25) is 0 Å². The second-order valence-electron chi connectivity index (χ2n) is 8.97. The van der Waals surface area contributed by atoms with Crippen molar-refractivity contribution >= 4 is 43.7 Å². The van der Waals surface area contributed by atoms with Gasteiger partial charge in [0.25, 0.3) is 0 Å². The lowest BCUT2D eigenvalue weighted by Crippen LogP contribution is -2.11. The fraction of sp³-hybridized carbons (Fsp3) is 0.0667. The monoisotopic (exact) mass is 505 g/mol. The van der Waals surface area contributed by atoms with Crippen LogP contribution in [-0.4, -0.2) is 0 Å². The van der Waals surface area contributed by atoms with Crippen LogP contribution < -0.4 is 5.32 Å². The third-order valence-corrected chi connectivity index (χ3v) is 6.61. The molecule has 0 aliphatic rings. The molecule has 1 nitrogen and oxygen atoms in total. The van der Waals surface area contributed by atoms with Crippen molar-refractivity contribution in [1.29, 1.82) is 0 Å². The van der Waals surface area contributed by atoms with Crippen LogP contribution >= 0.6 is 0 Å². The van der Waals surface area contributed by atoms with Crippen molar-refractivity contribution in [1.82, 2.24) is 0 Å². The Labute approximate surface area is 207 Å². The molecule has 0 spiro atoms. The highest BCUT2D eigenvalue weighted by molar-refractivity contribution is 6.25. The minimum atomic E-state index is -4.90. The first kappa shape index (κ1) is 23.2. The third kappa shape index (κ3) is 4.10. The van der Waals surface area contributed by atoms with Crippen molar-refractivity contribution in [3.8, 4) is 11.1 Å². The summed E-state index contributed by atoms with van der Waals surface area (Å²) >= 11 is 0. The highest BCUT2D eigenvalue weighted by Gasteiger charge is 2.37. The summed E-state index contributed by atoms with van der Waals surface area (Å²) in [6.45, 7) is 0. The van der Waals surface area contributed by atoms with Crippen LogP contribution in [0.5, 0.6) is 0 Å². The molecule has 0 unspecified atom stereocenters. The zero-order chi connectivity index (χ0) is 25.9. The molecule has 0 saturated heterocycles. The van der Waals surface area contributed by atoms with Gasteiger partial charge in [0.15, 0.2) is 0 Å². The highest BCUT2D eigenvalue weighted by Crippen LogP contribution is 2.40. The largest absolute Gasteiger partial charge is 0.416 e. The van der Waals surface area contributed by atoms with E-state index in [1.807, 2.05) is 24.3 Å². The van der Waals surface area contributed by atoms with Gasteiger partial charge in [-0.1, -0.05) is 60.7 Å². The number of hydrogen-bond acceptors (Lipinski definition) is 1. The van der Waals surface area contributed by atoms with E-state index in [4.69, 9.17) is 0 Å². The molecule has 6 rings (SSSR count). The molecule has 7 heteroatoms. The summed E-state index contributed by atoms with van der Waals surface area (Å²) in [5.41, 5.74) is -1.09. The highest BCUT2D eigenvalue weighted by atomic mass is 19.4. The lowest BCUT2D eigenvalue weighted by molar-refractivity contribution is -0.143. The van der Waals surface area contributed by atoms with Crippen LogP contribution in [0, 0.1) is 0 Å². The number of nitrogens with one attached hydrogen (secondary N) is 1. The van der Waals surface area contributed by atoms with Gasteiger partial charge in [0.05, 0.1) is 11.1 Å². The molecular weight excluding hydrogens is 488 g/mol. The molecule has 0 saturated carbocycles. The van der Waals surface area contributed by atoms with Crippen LogP contribution in [0.15, 0.2) is 97.1 Å². The molecule has 6 aromatic rings. The van der Waals surface area contributed by atoms with Crippen LogP contribution in [0.1, 0.15) is 11.1 Å². The van der Waals surface area contributed by atoms with Crippen molar-refractivity contribution < 1.29 is 26.3 Å². The first-order chi connectivity index (χ1) is 17.6. The molecule has 0 aromatic heterocycles. The average Bonchev–Trinajstić information content (AvgIpc) is 2.87. The van der Waals surface area contributed by atoms with E-state index >= 15 is 0 Å². The summed E-state index contributed by atoms with van der Waals surface area (Å²) in [5, 5.41) is 10.0. The molecule has 0 fully saturated rings. The second-order valence-corrected chi connectivity index (χ2v) is 8.97. The number of rotatable bonds is 3. The normalized spacial score (nSPS) is 12.6. The van der Waals surface area contributed by atoms with Gasteiger partial charge in [-0.3, -0.25) is 0 Å². The zero-order valence-corrected chi connectivity index (χ0v) is 19.0. The number of alkyl halides is 6. The third-order valence-electron chi connectivity index (χ3n) is 6.61. The van der Waals surface area contributed by atoms with Crippen molar-refractivity contribution in [2.45, 2.75) is 12.4 Å². The maximum atomic E-state index is 13.3. The van der Waals surface area contributed by atoms with Gasteiger partial charge in [-0.05, 0) is 74.5 Å². The van der Waals surface area contributed by atoms with Gasteiger partial charge in [0, 0.05) is 16.8 Å². The number of hydrogen-bond donors (Lipinski definition) is 1. The molecule has 37 heavy (non-hydrogen) atoms. The minimum absolute atomic E-state index is 0.132. The van der Waals surface area contributed by atoms with Crippen molar-refractivity contribution in [3.63, 3.8) is 0 Å². The molecule has 0 heterocycles. The lowest BCUT2D eigenvalue weighted by Gasteiger charge is -2.16. The minimum Gasteiger partial charge on any atom is -0.355 e. The van der Waals surface area contributed by atoms with Gasteiger partial charge in [0.1, 0.15) is 0 Å². The molecule has 0 aliphatic carbocycles. The molecule has 0 radical (unpaired) electrons. The van der Waals surface area contributed by atoms with Gasteiger partial charge in [-0.15, -0.1) is 0 Å². The van der Waals surface area contributed by atoms with E-state index in [9.17, 15) is 26.3 Å². The van der Waals surface area contributed by atoms with Crippen molar-refractivity contribution in [2.75, 3.05) is 5.32 Å². The molecule has 0 amide bonds. The molecule has 1 N–H and O–H groups in total. The Morgan fingerprint density at radius 2 is 1.03 bits per heavy atom. The fourth-order valence-electron chi connectivity index (χ4n) is 4.87. The zero-order valence-electron chi connectivity index (χ0n) is 19.0. The molecule has 0 atom stereocenters. The number of halogens is 6. The summed E-state index contributed by atoms with van der Waals surface area (Å²) < 4.78 is 79.6. The van der Waals surface area contributed by atoms with Gasteiger partial charge < -0.3 is 5.32 Å². The van der Waals surface area contributed by atoms with Gasteiger partial charge >= 0.3 is 12.4 Å².